The molecule has 18 heavy (non-hydrogen) atoms. The average Bonchev–Trinajstić information content (AvgIpc) is 2.34. The van der Waals surface area contributed by atoms with E-state index in [2.05, 4.69) is 15.4 Å². The number of hydrogen-bond donors (Lipinski definition) is 3. The lowest BCUT2D eigenvalue weighted by Gasteiger charge is -2.19. The third-order valence-corrected chi connectivity index (χ3v) is 2.90. The zero-order chi connectivity index (χ0) is 13.1. The molecule has 0 saturated heterocycles. The Kier molecular flexibility index (Phi) is 3.55. The largest absolute Gasteiger partial charge is 0.383 e. The molecular weight excluding hydrogens is 226 g/mol. The molecule has 0 bridgehead atoms. The first kappa shape index (κ1) is 12.5. The number of anilines is 1. The molecule has 0 amide bonds. The van der Waals surface area contributed by atoms with Gasteiger partial charge in [0.2, 0.25) is 0 Å². The summed E-state index contributed by atoms with van der Waals surface area (Å²) in [6, 6.07) is 7.47. The van der Waals surface area contributed by atoms with E-state index in [4.69, 9.17) is 11.6 Å². The van der Waals surface area contributed by atoms with E-state index in [0.29, 0.717) is 5.82 Å². The molecule has 2 aromatic heterocycles. The predicted octanol–water partition coefficient (Wildman–Crippen LogP) is 1.23. The molecule has 2 heterocycles. The van der Waals surface area contributed by atoms with Gasteiger partial charge >= 0.3 is 0 Å². The summed E-state index contributed by atoms with van der Waals surface area (Å²) in [5.41, 5.74) is 12.4. The SMILES string of the molecule is Cc1cccc(C(NN)c2c(C)ccnc2N)n1. The minimum absolute atomic E-state index is 0.251. The molecule has 0 fully saturated rings. The fourth-order valence-electron chi connectivity index (χ4n) is 2.01. The van der Waals surface area contributed by atoms with E-state index in [1.54, 1.807) is 6.20 Å². The van der Waals surface area contributed by atoms with Crippen molar-refractivity contribution in [1.82, 2.24) is 15.4 Å². The summed E-state index contributed by atoms with van der Waals surface area (Å²) in [6.45, 7) is 3.92. The van der Waals surface area contributed by atoms with Crippen LogP contribution in [-0.2, 0) is 0 Å². The quantitative estimate of drug-likeness (QED) is 0.557. The van der Waals surface area contributed by atoms with Gasteiger partial charge in [0, 0.05) is 17.5 Å². The number of hydrogen-bond acceptors (Lipinski definition) is 5. The van der Waals surface area contributed by atoms with Crippen LogP contribution in [0.2, 0.25) is 0 Å². The van der Waals surface area contributed by atoms with Crippen molar-refractivity contribution >= 4 is 5.82 Å². The number of nitrogen functional groups attached to an aromatic ring is 1. The molecule has 0 aliphatic heterocycles. The molecule has 0 saturated carbocycles. The lowest BCUT2D eigenvalue weighted by molar-refractivity contribution is 0.616. The number of nitrogens with two attached hydrogens (primary N) is 2. The lowest BCUT2D eigenvalue weighted by Crippen LogP contribution is -2.31. The zero-order valence-corrected chi connectivity index (χ0v) is 10.5. The number of aryl methyl sites for hydroxylation is 2. The van der Waals surface area contributed by atoms with Gasteiger partial charge in [0.05, 0.1) is 11.7 Å². The summed E-state index contributed by atoms with van der Waals surface area (Å²) >= 11 is 0. The second-order valence-electron chi connectivity index (χ2n) is 4.23. The standard InChI is InChI=1S/C13H17N5/c1-8-6-7-16-13(14)11(8)12(18-15)10-5-3-4-9(2)17-10/h3-7,12,18H,15H2,1-2H3,(H2,14,16). The van der Waals surface area contributed by atoms with E-state index in [0.717, 1.165) is 22.5 Å². The Morgan fingerprint density at radius 3 is 2.61 bits per heavy atom. The van der Waals surface area contributed by atoms with Gasteiger partial charge in [-0.25, -0.2) is 10.4 Å². The van der Waals surface area contributed by atoms with Crippen LogP contribution in [0.4, 0.5) is 5.82 Å². The second kappa shape index (κ2) is 5.12. The van der Waals surface area contributed by atoms with Gasteiger partial charge in [-0.3, -0.25) is 10.8 Å². The Labute approximate surface area is 106 Å². The van der Waals surface area contributed by atoms with Crippen LogP contribution in [0.1, 0.15) is 28.6 Å². The van der Waals surface area contributed by atoms with Gasteiger partial charge in [-0.2, -0.15) is 0 Å². The number of rotatable bonds is 3. The molecule has 2 aromatic rings. The third kappa shape index (κ3) is 2.32. The van der Waals surface area contributed by atoms with Crippen molar-refractivity contribution in [2.75, 3.05) is 5.73 Å². The highest BCUT2D eigenvalue weighted by Gasteiger charge is 2.19. The number of nitrogens with one attached hydrogen (secondary N) is 1. The third-order valence-electron chi connectivity index (χ3n) is 2.90. The van der Waals surface area contributed by atoms with Crippen molar-refractivity contribution in [3.8, 4) is 0 Å². The molecule has 0 aromatic carbocycles. The molecule has 5 N–H and O–H groups in total. The summed E-state index contributed by atoms with van der Waals surface area (Å²) in [7, 11) is 0. The molecule has 2 rings (SSSR count). The maximum Gasteiger partial charge on any atom is 0.128 e. The minimum atomic E-state index is -0.251. The van der Waals surface area contributed by atoms with Gasteiger partial charge in [-0.1, -0.05) is 6.07 Å². The van der Waals surface area contributed by atoms with Gasteiger partial charge in [-0.05, 0) is 37.6 Å². The first-order chi connectivity index (χ1) is 8.63. The van der Waals surface area contributed by atoms with E-state index in [1.165, 1.54) is 0 Å². The Balaban J connectivity index is 2.52. The summed E-state index contributed by atoms with van der Waals surface area (Å²) < 4.78 is 0. The molecular formula is C13H17N5. The predicted molar refractivity (Wildman–Crippen MR) is 71.5 cm³/mol. The van der Waals surface area contributed by atoms with Gasteiger partial charge < -0.3 is 5.73 Å². The first-order valence-electron chi connectivity index (χ1n) is 5.74. The van der Waals surface area contributed by atoms with Crippen LogP contribution in [0.25, 0.3) is 0 Å². The first-order valence-corrected chi connectivity index (χ1v) is 5.74. The van der Waals surface area contributed by atoms with Gasteiger partial charge in [0.15, 0.2) is 0 Å². The molecule has 0 spiro atoms. The maximum absolute atomic E-state index is 5.94. The van der Waals surface area contributed by atoms with Crippen LogP contribution in [-0.4, -0.2) is 9.97 Å². The Morgan fingerprint density at radius 2 is 2.00 bits per heavy atom. The van der Waals surface area contributed by atoms with Crippen LogP contribution >= 0.6 is 0 Å². The Hall–Kier alpha value is -1.98. The van der Waals surface area contributed by atoms with E-state index >= 15 is 0 Å². The molecule has 5 heteroatoms. The van der Waals surface area contributed by atoms with E-state index in [9.17, 15) is 0 Å². The van der Waals surface area contributed by atoms with Gasteiger partial charge in [0.25, 0.3) is 0 Å². The summed E-state index contributed by atoms with van der Waals surface area (Å²) in [4.78, 5) is 8.59. The van der Waals surface area contributed by atoms with E-state index in [-0.39, 0.29) is 6.04 Å². The number of hydrazine groups is 1. The molecule has 5 nitrogen and oxygen atoms in total. The normalized spacial score (nSPS) is 12.4. The smallest absolute Gasteiger partial charge is 0.128 e. The fourth-order valence-corrected chi connectivity index (χ4v) is 2.01. The lowest BCUT2D eigenvalue weighted by atomic mass is 9.99. The molecule has 0 aliphatic carbocycles. The van der Waals surface area contributed by atoms with Crippen molar-refractivity contribution in [1.29, 1.82) is 0 Å². The van der Waals surface area contributed by atoms with Crippen LogP contribution < -0.4 is 17.0 Å². The monoisotopic (exact) mass is 243 g/mol. The van der Waals surface area contributed by atoms with E-state index < -0.39 is 0 Å². The highest BCUT2D eigenvalue weighted by molar-refractivity contribution is 5.48. The van der Waals surface area contributed by atoms with Crippen LogP contribution in [0.5, 0.6) is 0 Å². The molecule has 1 unspecified atom stereocenters. The van der Waals surface area contributed by atoms with Crippen molar-refractivity contribution < 1.29 is 0 Å². The van der Waals surface area contributed by atoms with Crippen LogP contribution in [0.3, 0.4) is 0 Å². The molecule has 1 atom stereocenters. The minimum Gasteiger partial charge on any atom is -0.383 e. The molecule has 0 aliphatic rings. The second-order valence-corrected chi connectivity index (χ2v) is 4.23. The maximum atomic E-state index is 5.94. The van der Waals surface area contributed by atoms with Crippen LogP contribution in [0, 0.1) is 13.8 Å². The highest BCUT2D eigenvalue weighted by atomic mass is 15.2. The Morgan fingerprint density at radius 1 is 1.22 bits per heavy atom. The number of pyridine rings is 2. The zero-order valence-electron chi connectivity index (χ0n) is 10.5. The average molecular weight is 243 g/mol. The van der Waals surface area contributed by atoms with Gasteiger partial charge in [-0.15, -0.1) is 0 Å². The molecule has 94 valence electrons. The summed E-state index contributed by atoms with van der Waals surface area (Å²) in [5, 5.41) is 0. The van der Waals surface area contributed by atoms with Crippen molar-refractivity contribution in [2.45, 2.75) is 19.9 Å². The van der Waals surface area contributed by atoms with Crippen molar-refractivity contribution in [2.24, 2.45) is 5.84 Å². The number of nitrogens with zero attached hydrogens (tertiary/aromatic N) is 2. The van der Waals surface area contributed by atoms with Crippen molar-refractivity contribution in [3.05, 3.63) is 53.0 Å². The van der Waals surface area contributed by atoms with Crippen LogP contribution in [0.15, 0.2) is 30.5 Å². The topological polar surface area (TPSA) is 89.8 Å². The summed E-state index contributed by atoms with van der Waals surface area (Å²) in [6.07, 6.45) is 1.69. The fraction of sp³-hybridized carbons (Fsp3) is 0.231. The number of aromatic nitrogens is 2. The van der Waals surface area contributed by atoms with Crippen molar-refractivity contribution in [3.63, 3.8) is 0 Å². The summed E-state index contributed by atoms with van der Waals surface area (Å²) in [5.74, 6) is 6.12. The Bertz CT molecular complexity index is 533. The van der Waals surface area contributed by atoms with E-state index in [1.807, 2.05) is 38.1 Å². The highest BCUT2D eigenvalue weighted by Crippen LogP contribution is 2.26. The molecule has 0 radical (unpaired) electrons. The van der Waals surface area contributed by atoms with Gasteiger partial charge in [0.1, 0.15) is 5.82 Å².